The predicted octanol–water partition coefficient (Wildman–Crippen LogP) is 0.727. The normalized spacial score (nSPS) is 19.5. The van der Waals surface area contributed by atoms with Crippen molar-refractivity contribution in [2.45, 2.75) is 12.5 Å². The van der Waals surface area contributed by atoms with E-state index in [9.17, 15) is 13.6 Å². The van der Waals surface area contributed by atoms with Crippen molar-refractivity contribution >= 4 is 5.91 Å². The van der Waals surface area contributed by atoms with Gasteiger partial charge in [-0.1, -0.05) is 6.07 Å². The number of halogens is 2. The number of aliphatic hydroxyl groups is 1. The van der Waals surface area contributed by atoms with Gasteiger partial charge in [-0.15, -0.1) is 0 Å². The first-order valence-electron chi connectivity index (χ1n) is 6.04. The van der Waals surface area contributed by atoms with E-state index in [1.807, 2.05) is 0 Å². The lowest BCUT2D eigenvalue weighted by Crippen LogP contribution is -2.47. The van der Waals surface area contributed by atoms with Crippen LogP contribution in [0, 0.1) is 11.6 Å². The molecule has 1 atom stereocenters. The van der Waals surface area contributed by atoms with E-state index in [4.69, 9.17) is 9.84 Å². The summed E-state index contributed by atoms with van der Waals surface area (Å²) in [6.07, 6.45) is -0.514. The van der Waals surface area contributed by atoms with Gasteiger partial charge in [-0.3, -0.25) is 4.79 Å². The molecule has 1 aromatic carbocycles. The molecule has 0 aliphatic carbocycles. The zero-order valence-electron chi connectivity index (χ0n) is 10.3. The smallest absolute Gasteiger partial charge is 0.227 e. The Kier molecular flexibility index (Phi) is 4.44. The van der Waals surface area contributed by atoms with E-state index >= 15 is 0 Å². The van der Waals surface area contributed by atoms with Gasteiger partial charge in [-0.2, -0.15) is 0 Å². The summed E-state index contributed by atoms with van der Waals surface area (Å²) in [6, 6.07) is 3.16. The molecule has 0 aromatic heterocycles. The minimum atomic E-state index is -0.722. The van der Waals surface area contributed by atoms with Gasteiger partial charge in [0.1, 0.15) is 11.6 Å². The second-order valence-corrected chi connectivity index (χ2v) is 4.43. The topological polar surface area (TPSA) is 49.8 Å². The molecule has 0 radical (unpaired) electrons. The van der Waals surface area contributed by atoms with Gasteiger partial charge in [0, 0.05) is 19.2 Å². The Hall–Kier alpha value is -1.53. The fraction of sp³-hybridized carbons (Fsp3) is 0.462. The molecule has 1 aliphatic rings. The van der Waals surface area contributed by atoms with Crippen molar-refractivity contribution in [1.82, 2.24) is 4.90 Å². The summed E-state index contributed by atoms with van der Waals surface area (Å²) in [4.78, 5) is 13.5. The van der Waals surface area contributed by atoms with Crippen molar-refractivity contribution in [3.8, 4) is 0 Å². The molecule has 0 bridgehead atoms. The number of hydrogen-bond acceptors (Lipinski definition) is 3. The van der Waals surface area contributed by atoms with Crippen LogP contribution in [0.3, 0.4) is 0 Å². The van der Waals surface area contributed by atoms with Crippen molar-refractivity contribution in [2.24, 2.45) is 0 Å². The Balaban J connectivity index is 2.00. The molecule has 1 fully saturated rings. The molecule has 1 aliphatic heterocycles. The number of carbonyl (C=O) groups excluding carboxylic acids is 1. The third kappa shape index (κ3) is 3.48. The van der Waals surface area contributed by atoms with Gasteiger partial charge >= 0.3 is 0 Å². The van der Waals surface area contributed by atoms with E-state index in [2.05, 4.69) is 0 Å². The first-order valence-corrected chi connectivity index (χ1v) is 6.04. The van der Waals surface area contributed by atoms with Crippen LogP contribution >= 0.6 is 0 Å². The minimum absolute atomic E-state index is 0.121. The highest BCUT2D eigenvalue weighted by atomic mass is 19.1. The SMILES string of the molecule is O=C(Cc1ccc(F)cc1F)N1CCOC(CO)C1. The van der Waals surface area contributed by atoms with Crippen LogP contribution in [0.1, 0.15) is 5.56 Å². The molecule has 104 valence electrons. The standard InChI is InChI=1S/C13H15F2NO3/c14-10-2-1-9(12(15)6-10)5-13(18)16-3-4-19-11(7-16)8-17/h1-2,6,11,17H,3-5,7-8H2. The first kappa shape index (κ1) is 13.9. The second kappa shape index (κ2) is 6.08. The number of benzene rings is 1. The Morgan fingerprint density at radius 2 is 2.26 bits per heavy atom. The zero-order chi connectivity index (χ0) is 13.8. The molecule has 6 heteroatoms. The number of amides is 1. The number of carbonyl (C=O) groups is 1. The number of ether oxygens (including phenoxy) is 1. The predicted molar refractivity (Wildman–Crippen MR) is 63.5 cm³/mol. The van der Waals surface area contributed by atoms with Crippen molar-refractivity contribution in [3.05, 3.63) is 35.4 Å². The molecule has 19 heavy (non-hydrogen) atoms. The Morgan fingerprint density at radius 3 is 2.95 bits per heavy atom. The molecular formula is C13H15F2NO3. The average Bonchev–Trinajstić information content (AvgIpc) is 2.42. The van der Waals surface area contributed by atoms with Crippen LogP contribution in [0.4, 0.5) is 8.78 Å². The number of morpholine rings is 1. The van der Waals surface area contributed by atoms with Crippen LogP contribution in [0.5, 0.6) is 0 Å². The van der Waals surface area contributed by atoms with Crippen LogP contribution in [-0.4, -0.2) is 48.3 Å². The summed E-state index contributed by atoms with van der Waals surface area (Å²) in [7, 11) is 0. The minimum Gasteiger partial charge on any atom is -0.394 e. The lowest BCUT2D eigenvalue weighted by atomic mass is 10.1. The van der Waals surface area contributed by atoms with E-state index in [0.29, 0.717) is 13.2 Å². The highest BCUT2D eigenvalue weighted by Crippen LogP contribution is 2.13. The lowest BCUT2D eigenvalue weighted by molar-refractivity contribution is -0.139. The molecule has 0 spiro atoms. The van der Waals surface area contributed by atoms with Crippen LogP contribution in [0.15, 0.2) is 18.2 Å². The van der Waals surface area contributed by atoms with E-state index in [1.54, 1.807) is 0 Å². The molecule has 1 amide bonds. The summed E-state index contributed by atoms with van der Waals surface area (Å²) < 4.78 is 31.4. The number of aliphatic hydroxyl groups excluding tert-OH is 1. The maximum absolute atomic E-state index is 13.4. The third-order valence-electron chi connectivity index (χ3n) is 3.05. The molecule has 4 nitrogen and oxygen atoms in total. The Bertz CT molecular complexity index is 467. The van der Waals surface area contributed by atoms with E-state index in [0.717, 1.165) is 12.1 Å². The summed E-state index contributed by atoms with van der Waals surface area (Å²) in [5.74, 6) is -1.65. The molecule has 1 heterocycles. The van der Waals surface area contributed by atoms with Gasteiger partial charge in [-0.25, -0.2) is 8.78 Å². The van der Waals surface area contributed by atoms with Crippen molar-refractivity contribution in [3.63, 3.8) is 0 Å². The molecule has 1 saturated heterocycles. The van der Waals surface area contributed by atoms with Gasteiger partial charge in [0.05, 0.1) is 25.7 Å². The molecule has 0 saturated carbocycles. The van der Waals surface area contributed by atoms with E-state index in [1.165, 1.54) is 11.0 Å². The van der Waals surface area contributed by atoms with Gasteiger partial charge in [0.25, 0.3) is 0 Å². The third-order valence-corrected chi connectivity index (χ3v) is 3.05. The number of rotatable bonds is 3. The molecule has 1 unspecified atom stereocenters. The fourth-order valence-corrected chi connectivity index (χ4v) is 2.00. The molecular weight excluding hydrogens is 256 g/mol. The first-order chi connectivity index (χ1) is 9.10. The van der Waals surface area contributed by atoms with Crippen LogP contribution in [0.25, 0.3) is 0 Å². The van der Waals surface area contributed by atoms with Gasteiger partial charge in [-0.05, 0) is 11.6 Å². The van der Waals surface area contributed by atoms with Crippen molar-refractivity contribution in [2.75, 3.05) is 26.3 Å². The fourth-order valence-electron chi connectivity index (χ4n) is 2.00. The molecule has 2 rings (SSSR count). The Morgan fingerprint density at radius 1 is 1.47 bits per heavy atom. The monoisotopic (exact) mass is 271 g/mol. The van der Waals surface area contributed by atoms with E-state index in [-0.39, 0.29) is 31.0 Å². The average molecular weight is 271 g/mol. The number of nitrogens with zero attached hydrogens (tertiary/aromatic N) is 1. The Labute approximate surface area is 109 Å². The van der Waals surface area contributed by atoms with Gasteiger partial charge < -0.3 is 14.7 Å². The quantitative estimate of drug-likeness (QED) is 0.881. The van der Waals surface area contributed by atoms with Crippen LogP contribution in [-0.2, 0) is 16.0 Å². The van der Waals surface area contributed by atoms with Crippen LogP contribution in [0.2, 0.25) is 0 Å². The summed E-state index contributed by atoms with van der Waals surface area (Å²) in [5, 5.41) is 8.99. The molecule has 1 aromatic rings. The highest BCUT2D eigenvalue weighted by Gasteiger charge is 2.24. The second-order valence-electron chi connectivity index (χ2n) is 4.43. The zero-order valence-corrected chi connectivity index (χ0v) is 10.3. The van der Waals surface area contributed by atoms with Crippen molar-refractivity contribution in [1.29, 1.82) is 0 Å². The van der Waals surface area contributed by atoms with Gasteiger partial charge in [0.15, 0.2) is 0 Å². The maximum atomic E-state index is 13.4. The highest BCUT2D eigenvalue weighted by molar-refractivity contribution is 5.79. The number of hydrogen-bond donors (Lipinski definition) is 1. The largest absolute Gasteiger partial charge is 0.394 e. The van der Waals surface area contributed by atoms with Crippen molar-refractivity contribution < 1.29 is 23.4 Å². The van der Waals surface area contributed by atoms with Gasteiger partial charge in [0.2, 0.25) is 5.91 Å². The van der Waals surface area contributed by atoms with Crippen LogP contribution < -0.4 is 0 Å². The maximum Gasteiger partial charge on any atom is 0.227 e. The van der Waals surface area contributed by atoms with E-state index < -0.39 is 17.7 Å². The summed E-state index contributed by atoms with van der Waals surface area (Å²) in [6.45, 7) is 0.897. The lowest BCUT2D eigenvalue weighted by Gasteiger charge is -2.32. The summed E-state index contributed by atoms with van der Waals surface area (Å²) >= 11 is 0. The molecule has 1 N–H and O–H groups in total. The summed E-state index contributed by atoms with van der Waals surface area (Å²) in [5.41, 5.74) is 0.165.